The molecule has 0 radical (unpaired) electrons. The van der Waals surface area contributed by atoms with Crippen molar-refractivity contribution >= 4 is 11.5 Å². The molecule has 0 atom stereocenters. The Morgan fingerprint density at radius 1 is 1.18 bits per heavy atom. The van der Waals surface area contributed by atoms with E-state index in [9.17, 15) is 4.79 Å². The third kappa shape index (κ3) is 5.69. The van der Waals surface area contributed by atoms with E-state index in [1.54, 1.807) is 12.1 Å². The van der Waals surface area contributed by atoms with Crippen LogP contribution in [-0.2, 0) is 28.3 Å². The van der Waals surface area contributed by atoms with Gasteiger partial charge in [-0.1, -0.05) is 36.2 Å². The van der Waals surface area contributed by atoms with Gasteiger partial charge in [0, 0.05) is 0 Å². The smallest absolute Gasteiger partial charge is 0.370 e. The largest absolute Gasteiger partial charge is 2.00 e. The van der Waals surface area contributed by atoms with Crippen LogP contribution >= 0.6 is 0 Å². The molecule has 0 amide bonds. The van der Waals surface area contributed by atoms with Crippen LogP contribution in [0.3, 0.4) is 0 Å². The summed E-state index contributed by atoms with van der Waals surface area (Å²) in [6.07, 6.45) is 17.9. The van der Waals surface area contributed by atoms with Crippen molar-refractivity contribution < 1.29 is 21.9 Å². The van der Waals surface area contributed by atoms with E-state index in [0.717, 1.165) is 18.4 Å². The number of hydrogen-bond acceptors (Lipinski definition) is 1. The van der Waals surface area contributed by atoms with Gasteiger partial charge in [-0.15, -0.1) is 6.42 Å². The van der Waals surface area contributed by atoms with Crippen molar-refractivity contribution in [1.29, 1.82) is 0 Å². The minimum absolute atomic E-state index is 0. The van der Waals surface area contributed by atoms with Gasteiger partial charge in [0.15, 0.2) is 5.69 Å². The van der Waals surface area contributed by atoms with Gasteiger partial charge in [0.2, 0.25) is 0 Å². The van der Waals surface area contributed by atoms with Crippen molar-refractivity contribution in [3.05, 3.63) is 89.4 Å². The average Bonchev–Trinajstić information content (AvgIpc) is 3.23. The topological polar surface area (TPSA) is 21.4 Å². The number of ketones is 1. The fourth-order valence-corrected chi connectivity index (χ4v) is 1.91. The standard InChI is InChI=1S/C14H10NO.C5H5.Fe/c1-15-13-8-6-11(7-9-13)10-14(16)12-4-2-3-5-12;1-2-4-5-3-1;/h2,5-9H,3,10H2;1-2,5H,3H2;/q2*-1;+2. The van der Waals surface area contributed by atoms with Gasteiger partial charge in [0.05, 0.1) is 12.4 Å². The molecule has 2 nitrogen and oxygen atoms in total. The van der Waals surface area contributed by atoms with Crippen molar-refractivity contribution in [3.8, 4) is 0 Å². The van der Waals surface area contributed by atoms with Crippen LogP contribution in [0.2, 0.25) is 0 Å². The van der Waals surface area contributed by atoms with E-state index in [-0.39, 0.29) is 22.9 Å². The Hall–Kier alpha value is -2.14. The van der Waals surface area contributed by atoms with Gasteiger partial charge in [0.25, 0.3) is 0 Å². The molecule has 1 aromatic carbocycles. The number of Topliss-reactive ketones (excluding diaryl/α,β-unsaturated/α-hetero) is 1. The van der Waals surface area contributed by atoms with Crippen molar-refractivity contribution in [1.82, 2.24) is 0 Å². The van der Waals surface area contributed by atoms with Gasteiger partial charge in [-0.25, -0.2) is 17.0 Å². The maximum Gasteiger partial charge on any atom is 2.00 e. The van der Waals surface area contributed by atoms with Crippen LogP contribution in [-0.4, -0.2) is 5.78 Å². The first-order chi connectivity index (χ1) is 10.3. The molecule has 0 spiro atoms. The van der Waals surface area contributed by atoms with Crippen LogP contribution < -0.4 is 0 Å². The average molecular weight is 329 g/mol. The van der Waals surface area contributed by atoms with E-state index in [1.165, 1.54) is 0 Å². The summed E-state index contributed by atoms with van der Waals surface area (Å²) in [6, 6.07) is 7.12. The van der Waals surface area contributed by atoms with E-state index in [4.69, 9.17) is 6.57 Å². The van der Waals surface area contributed by atoms with Crippen LogP contribution in [0.1, 0.15) is 18.4 Å². The Kier molecular flexibility index (Phi) is 7.92. The number of carbonyl (C=O) groups is 1. The fourth-order valence-electron chi connectivity index (χ4n) is 1.91. The number of nitrogens with zero attached hydrogens (tertiary/aromatic N) is 1. The van der Waals surface area contributed by atoms with E-state index in [0.29, 0.717) is 17.7 Å². The first-order valence-corrected chi connectivity index (χ1v) is 6.80. The molecule has 3 heteroatoms. The van der Waals surface area contributed by atoms with Crippen molar-refractivity contribution in [2.45, 2.75) is 19.3 Å². The Morgan fingerprint density at radius 2 is 1.95 bits per heavy atom. The third-order valence-corrected chi connectivity index (χ3v) is 3.01. The maximum atomic E-state index is 11.8. The predicted octanol–water partition coefficient (Wildman–Crippen LogP) is 4.34. The second-order valence-corrected chi connectivity index (χ2v) is 4.59. The number of allylic oxidation sites excluding steroid dienone is 8. The Bertz CT molecular complexity index is 648. The second-order valence-electron chi connectivity index (χ2n) is 4.59. The minimum atomic E-state index is 0. The van der Waals surface area contributed by atoms with Crippen LogP contribution in [0.25, 0.3) is 4.85 Å². The summed E-state index contributed by atoms with van der Waals surface area (Å²) in [7, 11) is 0. The zero-order valence-corrected chi connectivity index (χ0v) is 13.1. The molecular formula is C19H15FeNO. The molecule has 1 aromatic rings. The summed E-state index contributed by atoms with van der Waals surface area (Å²) >= 11 is 0. The normalized spacial score (nSPS) is 13.7. The molecule has 0 heterocycles. The second kappa shape index (κ2) is 9.73. The summed E-state index contributed by atoms with van der Waals surface area (Å²) in [5, 5.41) is 0. The van der Waals surface area contributed by atoms with Crippen molar-refractivity contribution in [2.75, 3.05) is 0 Å². The molecule has 110 valence electrons. The Labute approximate surface area is 142 Å². The molecule has 0 aromatic heterocycles. The van der Waals surface area contributed by atoms with Gasteiger partial charge in [0.1, 0.15) is 0 Å². The summed E-state index contributed by atoms with van der Waals surface area (Å²) in [5.74, 6) is 0.0873. The summed E-state index contributed by atoms with van der Waals surface area (Å²) in [5.41, 5.74) is 2.21. The van der Waals surface area contributed by atoms with Crippen molar-refractivity contribution in [2.24, 2.45) is 0 Å². The summed E-state index contributed by atoms with van der Waals surface area (Å²) in [4.78, 5) is 15.1. The van der Waals surface area contributed by atoms with Crippen molar-refractivity contribution in [3.63, 3.8) is 0 Å². The van der Waals surface area contributed by atoms with E-state index in [2.05, 4.69) is 23.1 Å². The molecule has 0 N–H and O–H groups in total. The summed E-state index contributed by atoms with van der Waals surface area (Å²) < 4.78 is 0. The molecule has 2 aliphatic rings. The van der Waals surface area contributed by atoms with Crippen LogP contribution in [0.4, 0.5) is 5.69 Å². The van der Waals surface area contributed by atoms with Crippen LogP contribution in [0.15, 0.2) is 60.2 Å². The predicted molar refractivity (Wildman–Crippen MR) is 83.5 cm³/mol. The molecule has 2 aliphatic carbocycles. The number of carbonyl (C=O) groups excluding carboxylic acids is 1. The maximum absolute atomic E-state index is 11.8. The Balaban J connectivity index is 0.000000344. The molecule has 0 bridgehead atoms. The Morgan fingerprint density at radius 3 is 2.41 bits per heavy atom. The zero-order chi connectivity index (χ0) is 14.9. The molecule has 0 saturated heterocycles. The van der Waals surface area contributed by atoms with Crippen LogP contribution in [0, 0.1) is 18.7 Å². The third-order valence-electron chi connectivity index (χ3n) is 3.01. The molecular weight excluding hydrogens is 314 g/mol. The fraction of sp³-hybridized carbons (Fsp3) is 0.158. The van der Waals surface area contributed by atoms with Gasteiger partial charge < -0.3 is 4.79 Å². The SMILES string of the molecule is [C-]#[N+]c1ccc(CC(=O)C2=CCC=[C-]2)cc1.[C-]1=CCC=C1.[Fe+2]. The quantitative estimate of drug-likeness (QED) is 0.597. The van der Waals surface area contributed by atoms with Crippen LogP contribution in [0.5, 0.6) is 0 Å². The zero-order valence-electron chi connectivity index (χ0n) is 12.0. The van der Waals surface area contributed by atoms with Gasteiger partial charge in [-0.3, -0.25) is 6.08 Å². The molecule has 22 heavy (non-hydrogen) atoms. The molecule has 0 aliphatic heterocycles. The minimum Gasteiger partial charge on any atom is -0.370 e. The van der Waals surface area contributed by atoms with Gasteiger partial charge in [-0.05, 0) is 6.42 Å². The molecule has 0 saturated carbocycles. The first kappa shape index (κ1) is 17.9. The number of benzene rings is 1. The monoisotopic (exact) mass is 329 g/mol. The van der Waals surface area contributed by atoms with E-state index in [1.807, 2.05) is 36.4 Å². The van der Waals surface area contributed by atoms with Gasteiger partial charge >= 0.3 is 17.1 Å². The van der Waals surface area contributed by atoms with E-state index >= 15 is 0 Å². The van der Waals surface area contributed by atoms with E-state index < -0.39 is 0 Å². The number of hydrogen-bond donors (Lipinski definition) is 0. The molecule has 3 rings (SSSR count). The van der Waals surface area contributed by atoms with Gasteiger partial charge in [-0.2, -0.15) is 29.9 Å². The summed E-state index contributed by atoms with van der Waals surface area (Å²) in [6.45, 7) is 6.83. The molecule has 0 unspecified atom stereocenters. The first-order valence-electron chi connectivity index (χ1n) is 6.80. The number of rotatable bonds is 3. The molecule has 0 fully saturated rings.